The van der Waals surface area contributed by atoms with E-state index in [2.05, 4.69) is 49.4 Å². The zero-order chi connectivity index (χ0) is 12.5. The van der Waals surface area contributed by atoms with Crippen molar-refractivity contribution in [3.05, 3.63) is 35.4 Å². The van der Waals surface area contributed by atoms with Crippen LogP contribution in [0.15, 0.2) is 24.3 Å². The number of hydrogen-bond acceptors (Lipinski definition) is 1. The smallest absolute Gasteiger partial charge is 0.0116 e. The van der Waals surface area contributed by atoms with E-state index in [-0.39, 0.29) is 0 Å². The third kappa shape index (κ3) is 5.56. The summed E-state index contributed by atoms with van der Waals surface area (Å²) in [5.41, 5.74) is 2.71. The van der Waals surface area contributed by atoms with Gasteiger partial charge in [-0.3, -0.25) is 0 Å². The van der Waals surface area contributed by atoms with Gasteiger partial charge in [0.1, 0.15) is 0 Å². The third-order valence-electron chi connectivity index (χ3n) is 2.92. The van der Waals surface area contributed by atoms with Crippen LogP contribution in [0.1, 0.15) is 37.3 Å². The standard InChI is InChI=1S/C16H23N/c1-4-6-7-16(17-12-5-2)13-15-10-8-14(3)9-11-15/h1,8-11,16-17H,5-7,12-13H2,2-3H3. The van der Waals surface area contributed by atoms with E-state index in [0.717, 1.165) is 25.8 Å². The Labute approximate surface area is 106 Å². The summed E-state index contributed by atoms with van der Waals surface area (Å²) in [6, 6.07) is 9.28. The minimum Gasteiger partial charge on any atom is -0.314 e. The lowest BCUT2D eigenvalue weighted by Crippen LogP contribution is -2.31. The molecular formula is C16H23N. The second kappa shape index (κ2) is 7.92. The molecule has 1 heteroatoms. The number of hydrogen-bond donors (Lipinski definition) is 1. The molecule has 0 aliphatic rings. The molecule has 0 heterocycles. The highest BCUT2D eigenvalue weighted by Gasteiger charge is 2.07. The summed E-state index contributed by atoms with van der Waals surface area (Å²) in [7, 11) is 0. The highest BCUT2D eigenvalue weighted by atomic mass is 14.9. The van der Waals surface area contributed by atoms with E-state index in [1.165, 1.54) is 17.5 Å². The van der Waals surface area contributed by atoms with Gasteiger partial charge in [0.05, 0.1) is 0 Å². The maximum atomic E-state index is 5.34. The highest BCUT2D eigenvalue weighted by Crippen LogP contribution is 2.09. The number of aryl methyl sites for hydroxylation is 1. The molecule has 1 rings (SSSR count). The summed E-state index contributed by atoms with van der Waals surface area (Å²) in [5.74, 6) is 2.73. The van der Waals surface area contributed by atoms with Gasteiger partial charge >= 0.3 is 0 Å². The van der Waals surface area contributed by atoms with Gasteiger partial charge in [-0.2, -0.15) is 0 Å². The molecular weight excluding hydrogens is 206 g/mol. The molecule has 0 fully saturated rings. The van der Waals surface area contributed by atoms with Crippen molar-refractivity contribution < 1.29 is 0 Å². The molecule has 0 bridgehead atoms. The number of benzene rings is 1. The van der Waals surface area contributed by atoms with Gasteiger partial charge < -0.3 is 5.32 Å². The van der Waals surface area contributed by atoms with Gasteiger partial charge in [-0.05, 0) is 38.3 Å². The number of nitrogens with one attached hydrogen (secondary N) is 1. The van der Waals surface area contributed by atoms with Crippen molar-refractivity contribution in [3.63, 3.8) is 0 Å². The van der Waals surface area contributed by atoms with E-state index in [4.69, 9.17) is 6.42 Å². The van der Waals surface area contributed by atoms with Crippen molar-refractivity contribution in [1.82, 2.24) is 5.32 Å². The fraction of sp³-hybridized carbons (Fsp3) is 0.500. The van der Waals surface area contributed by atoms with Crippen molar-refractivity contribution in [2.75, 3.05) is 6.54 Å². The molecule has 1 unspecified atom stereocenters. The lowest BCUT2D eigenvalue weighted by Gasteiger charge is -2.17. The van der Waals surface area contributed by atoms with Crippen LogP contribution in [0.25, 0.3) is 0 Å². The summed E-state index contributed by atoms with van der Waals surface area (Å²) in [5, 5.41) is 3.57. The summed E-state index contributed by atoms with van der Waals surface area (Å²) < 4.78 is 0. The Kier molecular flexibility index (Phi) is 6.43. The fourth-order valence-corrected chi connectivity index (χ4v) is 1.89. The van der Waals surface area contributed by atoms with Gasteiger partial charge in [0, 0.05) is 12.5 Å². The number of terminal acetylenes is 1. The predicted molar refractivity (Wildman–Crippen MR) is 75.0 cm³/mol. The van der Waals surface area contributed by atoms with Crippen molar-refractivity contribution >= 4 is 0 Å². The molecule has 1 nitrogen and oxygen atoms in total. The highest BCUT2D eigenvalue weighted by molar-refractivity contribution is 5.22. The predicted octanol–water partition coefficient (Wildman–Crippen LogP) is 3.32. The Morgan fingerprint density at radius 3 is 2.59 bits per heavy atom. The van der Waals surface area contributed by atoms with E-state index in [1.54, 1.807) is 0 Å². The van der Waals surface area contributed by atoms with Crippen molar-refractivity contribution in [1.29, 1.82) is 0 Å². The summed E-state index contributed by atoms with van der Waals surface area (Å²) in [6.45, 7) is 5.38. The number of rotatable bonds is 7. The van der Waals surface area contributed by atoms with Crippen LogP contribution in [-0.4, -0.2) is 12.6 Å². The van der Waals surface area contributed by atoms with Crippen molar-refractivity contribution in [2.45, 2.75) is 45.6 Å². The van der Waals surface area contributed by atoms with E-state index in [1.807, 2.05) is 0 Å². The molecule has 1 aromatic rings. The van der Waals surface area contributed by atoms with Crippen LogP contribution >= 0.6 is 0 Å². The second-order valence-corrected chi connectivity index (χ2v) is 4.58. The SMILES string of the molecule is C#CCCC(Cc1ccc(C)cc1)NCCC. The Hall–Kier alpha value is -1.26. The normalized spacial score (nSPS) is 12.1. The first-order valence-corrected chi connectivity index (χ1v) is 6.48. The Bertz CT molecular complexity index is 345. The average Bonchev–Trinajstić information content (AvgIpc) is 2.35. The molecule has 0 saturated heterocycles. The topological polar surface area (TPSA) is 12.0 Å². The zero-order valence-corrected chi connectivity index (χ0v) is 11.0. The molecule has 0 spiro atoms. The second-order valence-electron chi connectivity index (χ2n) is 4.58. The quantitative estimate of drug-likeness (QED) is 0.707. The maximum absolute atomic E-state index is 5.34. The Balaban J connectivity index is 2.52. The Morgan fingerprint density at radius 2 is 2.00 bits per heavy atom. The van der Waals surface area contributed by atoms with Gasteiger partial charge in [-0.25, -0.2) is 0 Å². The molecule has 1 aromatic carbocycles. The van der Waals surface area contributed by atoms with Crippen molar-refractivity contribution in [2.24, 2.45) is 0 Å². The van der Waals surface area contributed by atoms with Gasteiger partial charge in [-0.1, -0.05) is 36.8 Å². The fourth-order valence-electron chi connectivity index (χ4n) is 1.89. The van der Waals surface area contributed by atoms with Gasteiger partial charge in [0.2, 0.25) is 0 Å². The van der Waals surface area contributed by atoms with E-state index >= 15 is 0 Å². The summed E-state index contributed by atoms with van der Waals surface area (Å²) in [6.07, 6.45) is 9.49. The lowest BCUT2D eigenvalue weighted by molar-refractivity contribution is 0.483. The molecule has 17 heavy (non-hydrogen) atoms. The molecule has 1 atom stereocenters. The molecule has 0 amide bonds. The van der Waals surface area contributed by atoms with E-state index < -0.39 is 0 Å². The van der Waals surface area contributed by atoms with Crippen LogP contribution in [0.4, 0.5) is 0 Å². The largest absolute Gasteiger partial charge is 0.314 e. The first-order valence-electron chi connectivity index (χ1n) is 6.48. The van der Waals surface area contributed by atoms with Gasteiger partial charge in [0.25, 0.3) is 0 Å². The van der Waals surface area contributed by atoms with Gasteiger partial charge in [0.15, 0.2) is 0 Å². The average molecular weight is 229 g/mol. The monoisotopic (exact) mass is 229 g/mol. The lowest BCUT2D eigenvalue weighted by atomic mass is 10.0. The van der Waals surface area contributed by atoms with Crippen LogP contribution in [-0.2, 0) is 6.42 Å². The zero-order valence-electron chi connectivity index (χ0n) is 11.0. The summed E-state index contributed by atoms with van der Waals surface area (Å²) >= 11 is 0. The summed E-state index contributed by atoms with van der Waals surface area (Å²) in [4.78, 5) is 0. The molecule has 92 valence electrons. The minimum atomic E-state index is 0.508. The molecule has 0 aromatic heterocycles. The van der Waals surface area contributed by atoms with Crippen LogP contribution in [0, 0.1) is 19.3 Å². The third-order valence-corrected chi connectivity index (χ3v) is 2.92. The molecule has 0 aliphatic carbocycles. The first-order chi connectivity index (χ1) is 8.26. The van der Waals surface area contributed by atoms with Crippen LogP contribution < -0.4 is 5.32 Å². The first kappa shape index (κ1) is 13.8. The molecule has 0 saturated carbocycles. The van der Waals surface area contributed by atoms with Crippen LogP contribution in [0.3, 0.4) is 0 Å². The Morgan fingerprint density at radius 1 is 1.29 bits per heavy atom. The van der Waals surface area contributed by atoms with Gasteiger partial charge in [-0.15, -0.1) is 12.3 Å². The van der Waals surface area contributed by atoms with Crippen molar-refractivity contribution in [3.8, 4) is 12.3 Å². The van der Waals surface area contributed by atoms with Crippen LogP contribution in [0.2, 0.25) is 0 Å². The van der Waals surface area contributed by atoms with E-state index in [0.29, 0.717) is 6.04 Å². The molecule has 0 radical (unpaired) electrons. The van der Waals surface area contributed by atoms with E-state index in [9.17, 15) is 0 Å². The maximum Gasteiger partial charge on any atom is 0.0116 e. The molecule has 1 N–H and O–H groups in total. The molecule has 0 aliphatic heterocycles. The minimum absolute atomic E-state index is 0.508. The van der Waals surface area contributed by atoms with Crippen LogP contribution in [0.5, 0.6) is 0 Å².